The fourth-order valence-electron chi connectivity index (χ4n) is 9.63. The van der Waals surface area contributed by atoms with Crippen molar-refractivity contribution >= 4 is 63.9 Å². The zero-order valence-corrected chi connectivity index (χ0v) is 32.5. The van der Waals surface area contributed by atoms with E-state index in [0.29, 0.717) is 27.8 Å². The third-order valence-electron chi connectivity index (χ3n) is 13.1. The summed E-state index contributed by atoms with van der Waals surface area (Å²) in [7, 11) is 0. The molecular formula is C43H45ClN8O5. The van der Waals surface area contributed by atoms with Gasteiger partial charge < -0.3 is 19.6 Å². The van der Waals surface area contributed by atoms with Crippen LogP contribution in [-0.2, 0) is 9.59 Å². The van der Waals surface area contributed by atoms with Crippen molar-refractivity contribution < 1.29 is 24.0 Å². The SMILES string of the molecule is [C-]#[N+]c1ccc(N2CCC3(CCN(C(=O)c4ccc(N5CCN(CC6CN(c7ccc8c(c7)C(=O)N(C7CCC(=O)NC7=O)C8=O)C6)CC5)cc4)CC3)C2)cc1Cl. The molecule has 3 aromatic carbocycles. The average molecular weight is 789 g/mol. The molecular weight excluding hydrogens is 744 g/mol. The standard InChI is InChI=1S/C43H45ClN8O5/c1-45-36-9-7-32(23-35(36)44)50-17-14-43(27-50)12-15-49(16-13-43)40(55)29-2-4-30(5-3-29)48-20-18-47(19-21-48)24-28-25-51(26-28)31-6-8-33-34(22-31)42(57)52(41(33)56)37-10-11-38(53)46-39(37)54/h2-9,22-23,28,37H,10-21,24-27H2,(H,46,53,54). The quantitative estimate of drug-likeness (QED) is 0.269. The number of piperazine rings is 1. The molecule has 6 heterocycles. The first-order valence-electron chi connectivity index (χ1n) is 20.0. The molecule has 294 valence electrons. The van der Waals surface area contributed by atoms with Crippen LogP contribution >= 0.6 is 11.6 Å². The Morgan fingerprint density at radius 2 is 1.44 bits per heavy atom. The van der Waals surface area contributed by atoms with Crippen molar-refractivity contribution in [1.29, 1.82) is 0 Å². The van der Waals surface area contributed by atoms with Crippen LogP contribution in [0.3, 0.4) is 0 Å². The van der Waals surface area contributed by atoms with E-state index in [2.05, 4.69) is 41.9 Å². The molecule has 0 aromatic heterocycles. The van der Waals surface area contributed by atoms with E-state index in [9.17, 15) is 24.0 Å². The molecule has 9 rings (SSSR count). The molecule has 1 N–H and O–H groups in total. The first kappa shape index (κ1) is 37.1. The number of fused-ring (bicyclic) bond motifs is 1. The van der Waals surface area contributed by atoms with Gasteiger partial charge >= 0.3 is 0 Å². The smallest absolute Gasteiger partial charge is 0.262 e. The molecule has 13 nitrogen and oxygen atoms in total. The van der Waals surface area contributed by atoms with Crippen LogP contribution in [0.25, 0.3) is 4.85 Å². The molecule has 6 aliphatic rings. The molecule has 3 aromatic rings. The third-order valence-corrected chi connectivity index (χ3v) is 13.4. The summed E-state index contributed by atoms with van der Waals surface area (Å²) in [5.74, 6) is -1.37. The topological polar surface area (TPSA) is 121 Å². The summed E-state index contributed by atoms with van der Waals surface area (Å²) in [6, 6.07) is 18.1. The Bertz CT molecular complexity index is 2180. The van der Waals surface area contributed by atoms with Crippen molar-refractivity contribution in [3.05, 3.63) is 93.8 Å². The molecule has 0 aliphatic carbocycles. The van der Waals surface area contributed by atoms with Crippen LogP contribution in [-0.4, -0.2) is 122 Å². The highest BCUT2D eigenvalue weighted by atomic mass is 35.5. The molecule has 1 spiro atoms. The van der Waals surface area contributed by atoms with Gasteiger partial charge in [0.05, 0.1) is 17.7 Å². The molecule has 0 saturated carbocycles. The highest BCUT2D eigenvalue weighted by Gasteiger charge is 2.45. The number of halogens is 1. The molecule has 5 saturated heterocycles. The summed E-state index contributed by atoms with van der Waals surface area (Å²) >= 11 is 6.32. The maximum Gasteiger partial charge on any atom is 0.262 e. The number of benzene rings is 3. The van der Waals surface area contributed by atoms with E-state index in [1.807, 2.05) is 35.2 Å². The predicted molar refractivity (Wildman–Crippen MR) is 216 cm³/mol. The van der Waals surface area contributed by atoms with Gasteiger partial charge in [0.25, 0.3) is 17.7 Å². The highest BCUT2D eigenvalue weighted by Crippen LogP contribution is 2.43. The monoisotopic (exact) mass is 788 g/mol. The summed E-state index contributed by atoms with van der Waals surface area (Å²) in [6.45, 7) is 17.1. The van der Waals surface area contributed by atoms with Gasteiger partial charge in [-0.25, -0.2) is 4.85 Å². The lowest BCUT2D eigenvalue weighted by Gasteiger charge is -2.45. The fourth-order valence-corrected chi connectivity index (χ4v) is 9.85. The molecule has 0 radical (unpaired) electrons. The van der Waals surface area contributed by atoms with Gasteiger partial charge in [-0.2, -0.15) is 0 Å². The number of nitrogens with one attached hydrogen (secondary N) is 1. The number of nitrogens with zero attached hydrogens (tertiary/aromatic N) is 7. The largest absolute Gasteiger partial charge is 0.371 e. The van der Waals surface area contributed by atoms with Crippen LogP contribution < -0.4 is 20.0 Å². The summed E-state index contributed by atoms with van der Waals surface area (Å²) < 4.78 is 0. The Morgan fingerprint density at radius 3 is 2.14 bits per heavy atom. The van der Waals surface area contributed by atoms with Crippen LogP contribution in [0.4, 0.5) is 22.7 Å². The number of amides is 5. The number of rotatable bonds is 7. The van der Waals surface area contributed by atoms with Gasteiger partial charge in [-0.3, -0.25) is 39.1 Å². The summed E-state index contributed by atoms with van der Waals surface area (Å²) in [5, 5.41) is 2.74. The Balaban J connectivity index is 0.717. The van der Waals surface area contributed by atoms with Crippen molar-refractivity contribution in [3.63, 3.8) is 0 Å². The van der Waals surface area contributed by atoms with Crippen molar-refractivity contribution in [2.45, 2.75) is 38.1 Å². The van der Waals surface area contributed by atoms with Crippen molar-refractivity contribution in [3.8, 4) is 0 Å². The normalized spacial score (nSPS) is 22.5. The second kappa shape index (κ2) is 14.8. The third kappa shape index (κ3) is 6.99. The average Bonchev–Trinajstić information content (AvgIpc) is 3.73. The lowest BCUT2D eigenvalue weighted by atomic mass is 9.77. The molecule has 0 bridgehead atoms. The van der Waals surface area contributed by atoms with Crippen molar-refractivity contribution in [2.75, 3.05) is 86.7 Å². The minimum Gasteiger partial charge on any atom is -0.371 e. The zero-order chi connectivity index (χ0) is 39.4. The Hall–Kier alpha value is -5.45. The molecule has 5 amide bonds. The first-order chi connectivity index (χ1) is 27.6. The van der Waals surface area contributed by atoms with Gasteiger partial charge in [-0.15, -0.1) is 0 Å². The summed E-state index contributed by atoms with van der Waals surface area (Å²) in [6.07, 6.45) is 3.29. The van der Waals surface area contributed by atoms with Gasteiger partial charge in [0.2, 0.25) is 17.5 Å². The van der Waals surface area contributed by atoms with Crippen molar-refractivity contribution in [1.82, 2.24) is 20.0 Å². The maximum absolute atomic E-state index is 13.5. The number of carbonyl (C=O) groups excluding carboxylic acids is 5. The van der Waals surface area contributed by atoms with E-state index in [-0.39, 0.29) is 24.2 Å². The molecule has 57 heavy (non-hydrogen) atoms. The van der Waals surface area contributed by atoms with Crippen LogP contribution in [0.1, 0.15) is 63.2 Å². The van der Waals surface area contributed by atoms with E-state index < -0.39 is 29.7 Å². The zero-order valence-electron chi connectivity index (χ0n) is 31.8. The minimum atomic E-state index is -0.968. The molecule has 6 aliphatic heterocycles. The number of hydrogen-bond donors (Lipinski definition) is 1. The minimum absolute atomic E-state index is 0.0947. The van der Waals surface area contributed by atoms with Gasteiger partial charge in [-0.1, -0.05) is 17.7 Å². The van der Waals surface area contributed by atoms with Gasteiger partial charge in [0.1, 0.15) is 6.04 Å². The maximum atomic E-state index is 13.5. The van der Waals surface area contributed by atoms with E-state index in [1.165, 1.54) is 0 Å². The molecule has 14 heteroatoms. The first-order valence-corrected chi connectivity index (χ1v) is 20.3. The Labute approximate surface area is 336 Å². The van der Waals surface area contributed by atoms with Crippen LogP contribution in [0.5, 0.6) is 0 Å². The van der Waals surface area contributed by atoms with E-state index in [1.54, 1.807) is 18.2 Å². The Kier molecular flexibility index (Phi) is 9.65. The van der Waals surface area contributed by atoms with E-state index in [4.69, 9.17) is 18.2 Å². The molecule has 1 atom stereocenters. The van der Waals surface area contributed by atoms with E-state index in [0.717, 1.165) is 119 Å². The lowest BCUT2D eigenvalue weighted by Crippen LogP contribution is -2.55. The lowest BCUT2D eigenvalue weighted by molar-refractivity contribution is -0.136. The second-order valence-electron chi connectivity index (χ2n) is 16.5. The van der Waals surface area contributed by atoms with Crippen LogP contribution in [0.15, 0.2) is 60.7 Å². The van der Waals surface area contributed by atoms with Crippen LogP contribution in [0.2, 0.25) is 5.02 Å². The number of piperidine rings is 2. The molecule has 1 unspecified atom stereocenters. The summed E-state index contributed by atoms with van der Waals surface area (Å²) in [5.41, 5.74) is 5.10. The number of likely N-dealkylation sites (tertiary alicyclic amines) is 1. The predicted octanol–water partition coefficient (Wildman–Crippen LogP) is 4.68. The number of imide groups is 2. The molecule has 5 fully saturated rings. The highest BCUT2D eigenvalue weighted by molar-refractivity contribution is 6.33. The Morgan fingerprint density at radius 1 is 0.772 bits per heavy atom. The fraction of sp³-hybridized carbons (Fsp3) is 0.442. The number of anilines is 3. The van der Waals surface area contributed by atoms with E-state index >= 15 is 0 Å². The van der Waals surface area contributed by atoms with Crippen molar-refractivity contribution in [2.24, 2.45) is 11.3 Å². The second-order valence-corrected chi connectivity index (χ2v) is 16.9. The number of carbonyl (C=O) groups is 5. The number of hydrogen-bond acceptors (Lipinski definition) is 9. The van der Waals surface area contributed by atoms with Gasteiger partial charge in [-0.05, 0) is 85.7 Å². The van der Waals surface area contributed by atoms with Gasteiger partial charge in [0.15, 0.2) is 0 Å². The summed E-state index contributed by atoms with van der Waals surface area (Å²) in [4.78, 5) is 79.9. The van der Waals surface area contributed by atoms with Gasteiger partial charge in [0, 0.05) is 112 Å². The van der Waals surface area contributed by atoms with Crippen LogP contribution in [0, 0.1) is 17.9 Å².